The first-order valence-electron chi connectivity index (χ1n) is 12.8. The Balaban J connectivity index is 1.89. The molecular weight excluding hydrogens is 512 g/mol. The molecule has 0 fully saturated rings. The number of Topliss-reactive ketones (excluding diaryl/α,β-unsaturated/α-hetero) is 1. The molecule has 0 bridgehead atoms. The van der Waals surface area contributed by atoms with Gasteiger partial charge in [-0.1, -0.05) is 55.8 Å². The van der Waals surface area contributed by atoms with Gasteiger partial charge in [0.25, 0.3) is 0 Å². The molecule has 1 aliphatic heterocycles. The third-order valence-corrected chi connectivity index (χ3v) is 7.61. The lowest BCUT2D eigenvalue weighted by Gasteiger charge is -2.45. The summed E-state index contributed by atoms with van der Waals surface area (Å²) >= 11 is 6.20. The number of ketones is 1. The van der Waals surface area contributed by atoms with E-state index in [9.17, 15) is 15.3 Å². The van der Waals surface area contributed by atoms with Gasteiger partial charge in [-0.2, -0.15) is 0 Å². The molecule has 1 unspecified atom stereocenters. The standard InChI is InChI=1S/C32H31ClN2O4/c1-32(2)17-24-28(25(36)18-32)27(23-16-22(38-3)14-15-26(23)39-4)29(30(37)19-8-6-5-7-9-19)31(34)35(24)21-12-10-20(33)11-13-21/h5-16,27,34,37H,17-18H2,1-4H3/b30-29+,34-31?. The molecule has 1 aliphatic carbocycles. The zero-order valence-corrected chi connectivity index (χ0v) is 23.2. The molecule has 2 aliphatic rings. The van der Waals surface area contributed by atoms with Crippen molar-refractivity contribution in [1.82, 2.24) is 0 Å². The number of rotatable bonds is 5. The highest BCUT2D eigenvalue weighted by molar-refractivity contribution is 6.30. The van der Waals surface area contributed by atoms with Gasteiger partial charge >= 0.3 is 0 Å². The number of hydrogen-bond donors (Lipinski definition) is 2. The van der Waals surface area contributed by atoms with E-state index in [1.807, 2.05) is 36.4 Å². The second-order valence-electron chi connectivity index (χ2n) is 10.6. The summed E-state index contributed by atoms with van der Waals surface area (Å²) in [6, 6.07) is 21.7. The van der Waals surface area contributed by atoms with Crippen LogP contribution in [0.5, 0.6) is 11.5 Å². The predicted octanol–water partition coefficient (Wildman–Crippen LogP) is 7.55. The van der Waals surface area contributed by atoms with Gasteiger partial charge in [-0.25, -0.2) is 0 Å². The quantitative estimate of drug-likeness (QED) is 0.325. The Morgan fingerprint density at radius 1 is 1.00 bits per heavy atom. The van der Waals surface area contributed by atoms with Crippen molar-refractivity contribution in [2.24, 2.45) is 5.41 Å². The molecule has 3 aromatic carbocycles. The molecule has 7 heteroatoms. The molecule has 39 heavy (non-hydrogen) atoms. The van der Waals surface area contributed by atoms with Crippen molar-refractivity contribution in [3.63, 3.8) is 0 Å². The zero-order chi connectivity index (χ0) is 27.9. The minimum atomic E-state index is -0.745. The van der Waals surface area contributed by atoms with Crippen molar-refractivity contribution in [3.05, 3.63) is 106 Å². The molecule has 200 valence electrons. The Morgan fingerprint density at radius 2 is 1.69 bits per heavy atom. The summed E-state index contributed by atoms with van der Waals surface area (Å²) in [5, 5.41) is 21.9. The summed E-state index contributed by atoms with van der Waals surface area (Å²) < 4.78 is 11.3. The topological polar surface area (TPSA) is 82.9 Å². The van der Waals surface area contributed by atoms with E-state index in [0.717, 1.165) is 5.70 Å². The number of aliphatic hydroxyl groups excluding tert-OH is 1. The van der Waals surface area contributed by atoms with Crippen LogP contribution in [0, 0.1) is 10.8 Å². The summed E-state index contributed by atoms with van der Waals surface area (Å²) in [6.45, 7) is 4.12. The second-order valence-corrected chi connectivity index (χ2v) is 11.1. The average Bonchev–Trinajstić information content (AvgIpc) is 2.92. The minimum Gasteiger partial charge on any atom is -0.507 e. The monoisotopic (exact) mass is 542 g/mol. The molecular formula is C32H31ClN2O4. The van der Waals surface area contributed by atoms with Crippen LogP contribution in [0.3, 0.4) is 0 Å². The molecule has 1 atom stereocenters. The number of aliphatic hydroxyl groups is 1. The Kier molecular flexibility index (Phi) is 7.00. The van der Waals surface area contributed by atoms with Crippen molar-refractivity contribution in [2.45, 2.75) is 32.6 Å². The number of nitrogens with zero attached hydrogens (tertiary/aromatic N) is 1. The smallest absolute Gasteiger partial charge is 0.162 e. The van der Waals surface area contributed by atoms with Crippen LogP contribution in [0.15, 0.2) is 89.6 Å². The van der Waals surface area contributed by atoms with Crippen LogP contribution in [0.1, 0.15) is 43.7 Å². The van der Waals surface area contributed by atoms with Gasteiger partial charge in [-0.05, 0) is 54.3 Å². The number of nitrogens with one attached hydrogen (secondary N) is 1. The van der Waals surface area contributed by atoms with Crippen LogP contribution in [0.25, 0.3) is 5.76 Å². The number of benzene rings is 3. The number of amidine groups is 1. The number of allylic oxidation sites excluding steroid dienone is 2. The lowest BCUT2D eigenvalue weighted by atomic mass is 9.67. The van der Waals surface area contributed by atoms with Gasteiger partial charge in [-0.3, -0.25) is 15.1 Å². The fraction of sp³-hybridized carbons (Fsp3) is 0.250. The van der Waals surface area contributed by atoms with Crippen molar-refractivity contribution in [2.75, 3.05) is 19.1 Å². The van der Waals surface area contributed by atoms with Gasteiger partial charge in [0.15, 0.2) is 5.78 Å². The van der Waals surface area contributed by atoms with Crippen molar-refractivity contribution < 1.29 is 19.4 Å². The van der Waals surface area contributed by atoms with Crippen LogP contribution in [0.4, 0.5) is 5.69 Å². The largest absolute Gasteiger partial charge is 0.507 e. The van der Waals surface area contributed by atoms with E-state index in [1.54, 1.807) is 55.5 Å². The number of methoxy groups -OCH3 is 2. The van der Waals surface area contributed by atoms with Gasteiger partial charge in [0, 0.05) is 45.1 Å². The molecule has 0 aromatic heterocycles. The number of anilines is 1. The Labute approximate surface area is 233 Å². The first-order chi connectivity index (χ1) is 18.6. The summed E-state index contributed by atoms with van der Waals surface area (Å²) in [5.41, 5.74) is 3.17. The van der Waals surface area contributed by atoms with Crippen LogP contribution < -0.4 is 14.4 Å². The highest BCUT2D eigenvalue weighted by Gasteiger charge is 2.47. The maximum absolute atomic E-state index is 14.1. The van der Waals surface area contributed by atoms with Crippen LogP contribution in [0.2, 0.25) is 5.02 Å². The fourth-order valence-electron chi connectivity index (χ4n) is 5.62. The van der Waals surface area contributed by atoms with Gasteiger partial charge < -0.3 is 14.6 Å². The molecule has 0 saturated carbocycles. The van der Waals surface area contributed by atoms with Crippen molar-refractivity contribution in [3.8, 4) is 11.5 Å². The first kappa shape index (κ1) is 26.6. The molecule has 5 rings (SSSR count). The van der Waals surface area contributed by atoms with E-state index in [2.05, 4.69) is 13.8 Å². The number of ether oxygens (including phenoxy) is 2. The van der Waals surface area contributed by atoms with E-state index in [1.165, 1.54) is 0 Å². The minimum absolute atomic E-state index is 0.0269. The molecule has 3 aromatic rings. The summed E-state index contributed by atoms with van der Waals surface area (Å²) in [5.74, 6) is 0.361. The van der Waals surface area contributed by atoms with Gasteiger partial charge in [0.2, 0.25) is 0 Å². The molecule has 0 saturated heterocycles. The van der Waals surface area contributed by atoms with Gasteiger partial charge in [-0.15, -0.1) is 0 Å². The zero-order valence-electron chi connectivity index (χ0n) is 22.4. The van der Waals surface area contributed by atoms with E-state index in [4.69, 9.17) is 21.1 Å². The van der Waals surface area contributed by atoms with Crippen molar-refractivity contribution in [1.29, 1.82) is 5.41 Å². The normalized spacial score (nSPS) is 20.0. The fourth-order valence-corrected chi connectivity index (χ4v) is 5.74. The molecule has 0 amide bonds. The maximum Gasteiger partial charge on any atom is 0.162 e. The second kappa shape index (κ2) is 10.3. The van der Waals surface area contributed by atoms with E-state index < -0.39 is 5.92 Å². The van der Waals surface area contributed by atoms with Crippen LogP contribution in [-0.4, -0.2) is 30.9 Å². The van der Waals surface area contributed by atoms with E-state index in [-0.39, 0.29) is 22.8 Å². The summed E-state index contributed by atoms with van der Waals surface area (Å²) in [6.07, 6.45) is 0.914. The molecule has 1 heterocycles. The lowest BCUT2D eigenvalue weighted by Crippen LogP contribution is -2.45. The highest BCUT2D eigenvalue weighted by atomic mass is 35.5. The highest BCUT2D eigenvalue weighted by Crippen LogP contribution is 2.53. The van der Waals surface area contributed by atoms with Gasteiger partial charge in [0.1, 0.15) is 23.1 Å². The SMILES string of the molecule is COc1ccc(OC)c(C2C3=C(CC(C)(C)CC3=O)N(c3ccc(Cl)cc3)C(=N)/C2=C(/O)c2ccccc2)c1. The molecule has 0 radical (unpaired) electrons. The molecule has 0 spiro atoms. The predicted molar refractivity (Wildman–Crippen MR) is 155 cm³/mol. The van der Waals surface area contributed by atoms with Crippen molar-refractivity contribution >= 4 is 34.7 Å². The average molecular weight is 543 g/mol. The number of hydrogen-bond acceptors (Lipinski definition) is 5. The molecule has 6 nitrogen and oxygen atoms in total. The first-order valence-corrected chi connectivity index (χ1v) is 13.1. The third kappa shape index (κ3) is 4.81. The van der Waals surface area contributed by atoms with E-state index in [0.29, 0.717) is 57.3 Å². The van der Waals surface area contributed by atoms with Crippen LogP contribution >= 0.6 is 11.6 Å². The van der Waals surface area contributed by atoms with Crippen LogP contribution in [-0.2, 0) is 4.79 Å². The number of carbonyl (C=O) groups excluding carboxylic acids is 1. The maximum atomic E-state index is 14.1. The Hall–Kier alpha value is -4.03. The number of carbonyl (C=O) groups is 1. The Morgan fingerprint density at radius 3 is 2.33 bits per heavy atom. The summed E-state index contributed by atoms with van der Waals surface area (Å²) in [7, 11) is 3.15. The summed E-state index contributed by atoms with van der Waals surface area (Å²) in [4.78, 5) is 15.9. The third-order valence-electron chi connectivity index (χ3n) is 7.36. The molecule has 2 N–H and O–H groups in total. The lowest BCUT2D eigenvalue weighted by molar-refractivity contribution is -0.118. The Bertz CT molecular complexity index is 1510. The van der Waals surface area contributed by atoms with Gasteiger partial charge in [0.05, 0.1) is 20.1 Å². The number of halogens is 1. The van der Waals surface area contributed by atoms with E-state index >= 15 is 0 Å².